The van der Waals surface area contributed by atoms with E-state index in [1.165, 1.54) is 0 Å². The van der Waals surface area contributed by atoms with Crippen LogP contribution in [0.4, 0.5) is 0 Å². The summed E-state index contributed by atoms with van der Waals surface area (Å²) in [5.41, 5.74) is -0.394. The normalized spacial score (nSPS) is 20.1. The van der Waals surface area contributed by atoms with Gasteiger partial charge in [0.15, 0.2) is 5.60 Å². The molecule has 1 fully saturated rings. The highest BCUT2D eigenvalue weighted by molar-refractivity contribution is 5.28. The highest BCUT2D eigenvalue weighted by Crippen LogP contribution is 2.37. The molecule has 3 rings (SSSR count). The molecule has 0 aliphatic carbocycles. The first-order chi connectivity index (χ1) is 11.1. The topological polar surface area (TPSA) is 66.6 Å². The summed E-state index contributed by atoms with van der Waals surface area (Å²) >= 11 is 0. The lowest BCUT2D eigenvalue weighted by atomic mass is 9.92. The van der Waals surface area contributed by atoms with E-state index in [0.29, 0.717) is 37.8 Å². The van der Waals surface area contributed by atoms with E-state index >= 15 is 0 Å². The summed E-state index contributed by atoms with van der Waals surface area (Å²) in [6, 6.07) is 9.83. The fourth-order valence-electron chi connectivity index (χ4n) is 2.91. The first-order valence-electron chi connectivity index (χ1n) is 7.73. The predicted octanol–water partition coefficient (Wildman–Crippen LogP) is 2.63. The van der Waals surface area contributed by atoms with Crippen molar-refractivity contribution in [1.82, 2.24) is 10.1 Å². The third-order valence-corrected chi connectivity index (χ3v) is 4.67. The van der Waals surface area contributed by atoms with Gasteiger partial charge in [0.1, 0.15) is 5.60 Å². The van der Waals surface area contributed by atoms with E-state index in [2.05, 4.69) is 10.1 Å². The summed E-state index contributed by atoms with van der Waals surface area (Å²) in [7, 11) is 3.31. The molecule has 1 atom stereocenters. The highest BCUT2D eigenvalue weighted by atomic mass is 16.5. The predicted molar refractivity (Wildman–Crippen MR) is 82.9 cm³/mol. The SMILES string of the molecule is COC1(c2noc(C(C)(OC)c3ccccc3)n2)CCOCC1. The minimum absolute atomic E-state index is 0.420. The van der Waals surface area contributed by atoms with Gasteiger partial charge in [-0.3, -0.25) is 0 Å². The van der Waals surface area contributed by atoms with Crippen LogP contribution in [0.3, 0.4) is 0 Å². The maximum Gasteiger partial charge on any atom is 0.263 e. The molecule has 1 saturated heterocycles. The summed E-state index contributed by atoms with van der Waals surface area (Å²) in [5.74, 6) is 0.974. The van der Waals surface area contributed by atoms with Crippen LogP contribution in [-0.4, -0.2) is 37.6 Å². The van der Waals surface area contributed by atoms with Crippen LogP contribution in [0.2, 0.25) is 0 Å². The van der Waals surface area contributed by atoms with Crippen LogP contribution >= 0.6 is 0 Å². The summed E-state index contributed by atoms with van der Waals surface area (Å²) < 4.78 is 22.4. The first kappa shape index (κ1) is 16.1. The number of nitrogens with zero attached hydrogens (tertiary/aromatic N) is 2. The van der Waals surface area contributed by atoms with Gasteiger partial charge >= 0.3 is 0 Å². The zero-order valence-electron chi connectivity index (χ0n) is 13.7. The van der Waals surface area contributed by atoms with Gasteiger partial charge in [0.2, 0.25) is 5.82 Å². The number of aromatic nitrogens is 2. The molecule has 1 aliphatic heterocycles. The molecule has 1 aromatic carbocycles. The standard InChI is InChI=1S/C17H22N2O4/c1-16(20-2,13-7-5-4-6-8-13)15-18-14(19-23-15)17(21-3)9-11-22-12-10-17/h4-8H,9-12H2,1-3H3. The lowest BCUT2D eigenvalue weighted by Crippen LogP contribution is -2.37. The molecule has 124 valence electrons. The number of benzene rings is 1. The number of methoxy groups -OCH3 is 2. The van der Waals surface area contributed by atoms with Crippen LogP contribution in [-0.2, 0) is 25.4 Å². The van der Waals surface area contributed by atoms with Gasteiger partial charge < -0.3 is 18.7 Å². The first-order valence-corrected chi connectivity index (χ1v) is 7.73. The molecular weight excluding hydrogens is 296 g/mol. The van der Waals surface area contributed by atoms with E-state index in [0.717, 1.165) is 5.56 Å². The van der Waals surface area contributed by atoms with E-state index < -0.39 is 11.2 Å². The van der Waals surface area contributed by atoms with E-state index in [9.17, 15) is 0 Å². The van der Waals surface area contributed by atoms with E-state index in [4.69, 9.17) is 18.7 Å². The molecule has 0 spiro atoms. The Morgan fingerprint density at radius 3 is 2.43 bits per heavy atom. The molecule has 0 bridgehead atoms. The average Bonchev–Trinajstić information content (AvgIpc) is 3.13. The minimum atomic E-state index is -0.799. The quantitative estimate of drug-likeness (QED) is 0.844. The largest absolute Gasteiger partial charge is 0.381 e. The number of ether oxygens (including phenoxy) is 3. The second kappa shape index (κ2) is 6.39. The van der Waals surface area contributed by atoms with Crippen LogP contribution in [0.25, 0.3) is 0 Å². The maximum atomic E-state index is 5.72. The summed E-state index contributed by atoms with van der Waals surface area (Å²) in [6.45, 7) is 3.17. The van der Waals surface area contributed by atoms with Gasteiger partial charge in [-0.1, -0.05) is 35.5 Å². The zero-order chi connectivity index (χ0) is 16.3. The molecule has 0 saturated carbocycles. The van der Waals surface area contributed by atoms with Crippen molar-refractivity contribution in [3.05, 3.63) is 47.6 Å². The van der Waals surface area contributed by atoms with Crippen molar-refractivity contribution in [3.63, 3.8) is 0 Å². The van der Waals surface area contributed by atoms with Gasteiger partial charge in [0.25, 0.3) is 5.89 Å². The van der Waals surface area contributed by atoms with E-state index in [-0.39, 0.29) is 0 Å². The highest BCUT2D eigenvalue weighted by Gasteiger charge is 2.42. The van der Waals surface area contributed by atoms with Gasteiger partial charge in [0.05, 0.1) is 0 Å². The molecule has 1 aromatic heterocycles. The second-order valence-electron chi connectivity index (χ2n) is 5.84. The Kier molecular flexibility index (Phi) is 4.48. The Morgan fingerprint density at radius 2 is 1.83 bits per heavy atom. The number of hydrogen-bond acceptors (Lipinski definition) is 6. The third-order valence-electron chi connectivity index (χ3n) is 4.67. The van der Waals surface area contributed by atoms with E-state index in [1.807, 2.05) is 37.3 Å². The maximum absolute atomic E-state index is 5.72. The second-order valence-corrected chi connectivity index (χ2v) is 5.84. The van der Waals surface area contributed by atoms with Gasteiger partial charge in [-0.15, -0.1) is 0 Å². The van der Waals surface area contributed by atoms with Crippen LogP contribution in [0, 0.1) is 0 Å². The minimum Gasteiger partial charge on any atom is -0.381 e. The van der Waals surface area contributed by atoms with Crippen molar-refractivity contribution >= 4 is 0 Å². The Hall–Kier alpha value is -1.76. The molecule has 0 N–H and O–H groups in total. The third kappa shape index (κ3) is 2.78. The molecule has 2 aromatic rings. The van der Waals surface area contributed by atoms with Gasteiger partial charge in [-0.25, -0.2) is 0 Å². The van der Waals surface area contributed by atoms with Crippen molar-refractivity contribution in [1.29, 1.82) is 0 Å². The molecule has 6 nitrogen and oxygen atoms in total. The van der Waals surface area contributed by atoms with Crippen molar-refractivity contribution in [2.24, 2.45) is 0 Å². The van der Waals surface area contributed by atoms with Gasteiger partial charge in [-0.05, 0) is 12.5 Å². The molecule has 1 aliphatic rings. The smallest absolute Gasteiger partial charge is 0.263 e. The van der Waals surface area contributed by atoms with Crippen LogP contribution < -0.4 is 0 Å². The molecule has 23 heavy (non-hydrogen) atoms. The fraction of sp³-hybridized carbons (Fsp3) is 0.529. The molecular formula is C17H22N2O4. The van der Waals surface area contributed by atoms with Gasteiger partial charge in [0, 0.05) is 40.3 Å². The van der Waals surface area contributed by atoms with Crippen molar-refractivity contribution in [3.8, 4) is 0 Å². The Morgan fingerprint density at radius 1 is 1.13 bits per heavy atom. The lowest BCUT2D eigenvalue weighted by Gasteiger charge is -2.32. The average molecular weight is 318 g/mol. The van der Waals surface area contributed by atoms with Gasteiger partial charge in [-0.2, -0.15) is 4.98 Å². The van der Waals surface area contributed by atoms with Crippen molar-refractivity contribution in [2.45, 2.75) is 31.0 Å². The van der Waals surface area contributed by atoms with Crippen LogP contribution in [0.5, 0.6) is 0 Å². The van der Waals surface area contributed by atoms with Crippen molar-refractivity contribution in [2.75, 3.05) is 27.4 Å². The van der Waals surface area contributed by atoms with E-state index in [1.54, 1.807) is 14.2 Å². The van der Waals surface area contributed by atoms with Crippen LogP contribution in [0.15, 0.2) is 34.9 Å². The Balaban J connectivity index is 1.97. The monoisotopic (exact) mass is 318 g/mol. The summed E-state index contributed by atoms with van der Waals surface area (Å²) in [4.78, 5) is 4.61. The summed E-state index contributed by atoms with van der Waals surface area (Å²) in [5, 5.41) is 4.18. The number of hydrogen-bond donors (Lipinski definition) is 0. The molecule has 1 unspecified atom stereocenters. The summed E-state index contributed by atoms with van der Waals surface area (Å²) in [6.07, 6.45) is 1.41. The Labute approximate surface area is 135 Å². The lowest BCUT2D eigenvalue weighted by molar-refractivity contribution is -0.101. The Bertz CT molecular complexity index is 637. The zero-order valence-corrected chi connectivity index (χ0v) is 13.7. The fourth-order valence-corrected chi connectivity index (χ4v) is 2.91. The molecule has 6 heteroatoms. The molecule has 0 radical (unpaired) electrons. The molecule has 2 heterocycles. The van der Waals surface area contributed by atoms with Crippen LogP contribution in [0.1, 0.15) is 37.0 Å². The number of rotatable bonds is 5. The van der Waals surface area contributed by atoms with Crippen molar-refractivity contribution < 1.29 is 18.7 Å². The molecule has 0 amide bonds.